The minimum absolute atomic E-state index is 0.248. The van der Waals surface area contributed by atoms with Gasteiger partial charge in [0.2, 0.25) is 0 Å². The first-order valence-corrected chi connectivity index (χ1v) is 9.00. The highest BCUT2D eigenvalue weighted by atomic mass is 31.2. The van der Waals surface area contributed by atoms with E-state index in [0.29, 0.717) is 0 Å². The van der Waals surface area contributed by atoms with Crippen molar-refractivity contribution in [1.29, 1.82) is 0 Å². The lowest BCUT2D eigenvalue weighted by molar-refractivity contribution is -0.142. The van der Waals surface area contributed by atoms with Gasteiger partial charge in [0.25, 0.3) is 0 Å². The number of carbonyl (C=O) groups excluding carboxylic acids is 2. The Balaban J connectivity index is 0. The lowest BCUT2D eigenvalue weighted by Gasteiger charge is -2.23. The van der Waals surface area contributed by atoms with Gasteiger partial charge in [-0.3, -0.25) is 9.32 Å². The summed E-state index contributed by atoms with van der Waals surface area (Å²) in [5, 5.41) is 70.7. The Morgan fingerprint density at radius 3 is 1.82 bits per heavy atom. The van der Waals surface area contributed by atoms with E-state index in [1.165, 1.54) is 0 Å². The van der Waals surface area contributed by atoms with Gasteiger partial charge in [0.05, 0.1) is 19.3 Å². The zero-order valence-electron chi connectivity index (χ0n) is 14.4. The summed E-state index contributed by atoms with van der Waals surface area (Å²) in [7, 11) is -4.81. The van der Waals surface area contributed by atoms with E-state index < -0.39 is 76.1 Å². The maximum Gasteiger partial charge on any atom is 0.469 e. The van der Waals surface area contributed by atoms with E-state index in [0.717, 1.165) is 0 Å². The van der Waals surface area contributed by atoms with E-state index in [4.69, 9.17) is 56.4 Å². The van der Waals surface area contributed by atoms with Crippen LogP contribution in [0.15, 0.2) is 0 Å². The SMILES string of the molecule is N[C@@H](C=O)[C@@H](O)[C@H](O)[C@H](O)CO.O=C(CO)[C@@H](O)[C@H](O)[C@H](O)COP(=O)(O)O. The number of hydrogen-bond donors (Lipinski definition) is 11. The zero-order chi connectivity index (χ0) is 22.7. The molecule has 0 aliphatic heterocycles. The molecule has 0 aromatic heterocycles. The van der Waals surface area contributed by atoms with E-state index in [-0.39, 0.29) is 6.29 Å². The average molecular weight is 439 g/mol. The van der Waals surface area contributed by atoms with Crippen molar-refractivity contribution < 1.29 is 69.3 Å². The molecular formula is C12H26NO14P. The third kappa shape index (κ3) is 11.8. The van der Waals surface area contributed by atoms with Crippen LogP contribution in [0.2, 0.25) is 0 Å². The molecule has 0 heterocycles. The van der Waals surface area contributed by atoms with Crippen LogP contribution in [0.3, 0.4) is 0 Å². The fraction of sp³-hybridized carbons (Fsp3) is 0.833. The number of Topliss-reactive ketones (excluding diaryl/α,β-unsaturated/α-hetero) is 1. The number of phosphoric ester groups is 1. The summed E-state index contributed by atoms with van der Waals surface area (Å²) < 4.78 is 14.1. The van der Waals surface area contributed by atoms with Crippen molar-refractivity contribution in [3.05, 3.63) is 0 Å². The molecule has 0 saturated carbocycles. The molecule has 168 valence electrons. The van der Waals surface area contributed by atoms with Crippen molar-refractivity contribution in [3.8, 4) is 0 Å². The molecule has 0 saturated heterocycles. The molecule has 0 rings (SSSR count). The summed E-state index contributed by atoms with van der Waals surface area (Å²) >= 11 is 0. The zero-order valence-corrected chi connectivity index (χ0v) is 15.3. The van der Waals surface area contributed by atoms with Gasteiger partial charge in [0.15, 0.2) is 5.78 Å². The van der Waals surface area contributed by atoms with Crippen LogP contribution in [-0.4, -0.2) is 125 Å². The number of carbonyl (C=O) groups is 2. The Kier molecular flexibility index (Phi) is 14.8. The van der Waals surface area contributed by atoms with Crippen molar-refractivity contribution in [3.63, 3.8) is 0 Å². The smallest absolute Gasteiger partial charge is 0.394 e. The van der Waals surface area contributed by atoms with Crippen LogP contribution in [-0.2, 0) is 18.7 Å². The third-order valence-corrected chi connectivity index (χ3v) is 3.59. The number of phosphoric acid groups is 1. The lowest BCUT2D eigenvalue weighted by Crippen LogP contribution is -2.49. The molecule has 0 amide bonds. The Morgan fingerprint density at radius 2 is 1.46 bits per heavy atom. The highest BCUT2D eigenvalue weighted by molar-refractivity contribution is 7.46. The predicted molar refractivity (Wildman–Crippen MR) is 87.3 cm³/mol. The predicted octanol–water partition coefficient (Wildman–Crippen LogP) is -6.67. The Labute approximate surface area is 158 Å². The molecule has 0 aliphatic rings. The summed E-state index contributed by atoms with van der Waals surface area (Å²) in [5.74, 6) is -1.14. The summed E-state index contributed by atoms with van der Waals surface area (Å²) in [4.78, 5) is 37.3. The van der Waals surface area contributed by atoms with Gasteiger partial charge in [-0.05, 0) is 0 Å². The maximum atomic E-state index is 10.7. The van der Waals surface area contributed by atoms with Gasteiger partial charge in [0.1, 0.15) is 49.5 Å². The Hall–Kier alpha value is -0.910. The molecule has 28 heavy (non-hydrogen) atoms. The Bertz CT molecular complexity index is 501. The van der Waals surface area contributed by atoms with E-state index in [1.807, 2.05) is 0 Å². The summed E-state index contributed by atoms with van der Waals surface area (Å²) in [5.41, 5.74) is 5.04. The van der Waals surface area contributed by atoms with Gasteiger partial charge in [-0.1, -0.05) is 0 Å². The van der Waals surface area contributed by atoms with E-state index in [2.05, 4.69) is 4.52 Å². The summed E-state index contributed by atoms with van der Waals surface area (Å²) in [6.07, 6.45) is -10.4. The fourth-order valence-electron chi connectivity index (χ4n) is 1.41. The maximum absolute atomic E-state index is 10.7. The second-order valence-electron chi connectivity index (χ2n) is 5.36. The molecule has 0 fully saturated rings. The molecular weight excluding hydrogens is 413 g/mol. The number of hydrogen-bond acceptors (Lipinski definition) is 13. The second kappa shape index (κ2) is 14.1. The van der Waals surface area contributed by atoms with Gasteiger partial charge >= 0.3 is 7.82 Å². The molecule has 0 unspecified atom stereocenters. The van der Waals surface area contributed by atoms with Crippen LogP contribution < -0.4 is 5.73 Å². The highest BCUT2D eigenvalue weighted by Crippen LogP contribution is 2.35. The average Bonchev–Trinajstić information content (AvgIpc) is 2.67. The molecule has 12 N–H and O–H groups in total. The summed E-state index contributed by atoms with van der Waals surface area (Å²) in [6, 6.07) is -1.26. The van der Waals surface area contributed by atoms with Gasteiger partial charge in [-0.15, -0.1) is 0 Å². The van der Waals surface area contributed by atoms with Crippen LogP contribution in [0.4, 0.5) is 0 Å². The molecule has 0 aromatic rings. The number of aliphatic hydroxyl groups is 8. The minimum Gasteiger partial charge on any atom is -0.394 e. The van der Waals surface area contributed by atoms with E-state index in [9.17, 15) is 14.2 Å². The van der Waals surface area contributed by atoms with Gasteiger partial charge in [-0.25, -0.2) is 4.57 Å². The van der Waals surface area contributed by atoms with Crippen molar-refractivity contribution >= 4 is 19.9 Å². The standard InChI is InChI=1S/C6H13NO5.C6H13O9P/c7-3(1-8)5(11)6(12)4(10)2-9;7-1-3(8)5(10)6(11)4(9)2-15-16(12,13)14/h1,3-6,9-12H,2,7H2;4-7,9-11H,1-2H2,(H2,12,13,14)/t3-,4+,5+,6+;4-,5-,6-/m01/s1. The topological polar surface area (TPSA) is 289 Å². The monoisotopic (exact) mass is 439 g/mol. The van der Waals surface area contributed by atoms with Crippen LogP contribution in [0.1, 0.15) is 0 Å². The largest absolute Gasteiger partial charge is 0.469 e. The highest BCUT2D eigenvalue weighted by Gasteiger charge is 2.31. The second-order valence-corrected chi connectivity index (χ2v) is 6.60. The Morgan fingerprint density at radius 1 is 0.964 bits per heavy atom. The van der Waals surface area contributed by atoms with Crippen molar-refractivity contribution in [2.45, 2.75) is 42.7 Å². The molecule has 0 aliphatic carbocycles. The number of nitrogens with two attached hydrogens (primary N) is 1. The van der Waals surface area contributed by atoms with Gasteiger partial charge < -0.3 is 61.2 Å². The van der Waals surface area contributed by atoms with Crippen molar-refractivity contribution in [2.24, 2.45) is 5.73 Å². The normalized spacial score (nSPS) is 19.2. The summed E-state index contributed by atoms with van der Waals surface area (Å²) in [6.45, 7) is -2.71. The molecule has 0 aromatic carbocycles. The van der Waals surface area contributed by atoms with Crippen molar-refractivity contribution in [2.75, 3.05) is 19.8 Å². The quantitative estimate of drug-likeness (QED) is 0.0994. The lowest BCUT2D eigenvalue weighted by atomic mass is 10.0. The third-order valence-electron chi connectivity index (χ3n) is 3.10. The first-order chi connectivity index (χ1) is 12.7. The number of ketones is 1. The van der Waals surface area contributed by atoms with Crippen LogP contribution in [0, 0.1) is 0 Å². The minimum atomic E-state index is -4.81. The number of aldehydes is 1. The first-order valence-electron chi connectivity index (χ1n) is 7.47. The van der Waals surface area contributed by atoms with Crippen LogP contribution in [0.5, 0.6) is 0 Å². The molecule has 0 spiro atoms. The van der Waals surface area contributed by atoms with Crippen molar-refractivity contribution in [1.82, 2.24) is 0 Å². The van der Waals surface area contributed by atoms with E-state index >= 15 is 0 Å². The first kappa shape index (κ1) is 29.3. The fourth-order valence-corrected chi connectivity index (χ4v) is 1.76. The molecule has 7 atom stereocenters. The van der Waals surface area contributed by atoms with Gasteiger partial charge in [-0.2, -0.15) is 0 Å². The number of aliphatic hydroxyl groups excluding tert-OH is 8. The molecule has 16 heteroatoms. The van der Waals surface area contributed by atoms with Crippen LogP contribution >= 0.6 is 7.82 Å². The number of rotatable bonds is 12. The van der Waals surface area contributed by atoms with Gasteiger partial charge in [0, 0.05) is 0 Å². The van der Waals surface area contributed by atoms with Crippen LogP contribution in [0.25, 0.3) is 0 Å². The van der Waals surface area contributed by atoms with E-state index in [1.54, 1.807) is 0 Å². The molecule has 0 bridgehead atoms. The molecule has 15 nitrogen and oxygen atoms in total. The molecule has 0 radical (unpaired) electrons.